The average molecular weight is 597 g/mol. The highest BCUT2D eigenvalue weighted by Gasteiger charge is 2.61. The van der Waals surface area contributed by atoms with Crippen LogP contribution >= 0.6 is 0 Å². The Morgan fingerprint density at radius 1 is 0.568 bits per heavy atom. The van der Waals surface area contributed by atoms with E-state index >= 15 is 0 Å². The van der Waals surface area contributed by atoms with Gasteiger partial charge in [0.1, 0.15) is 0 Å². The summed E-state index contributed by atoms with van der Waals surface area (Å²) in [7, 11) is 0. The molecule has 8 rings (SSSR count). The highest BCUT2D eigenvalue weighted by Crippen LogP contribution is 2.67. The first-order valence-electron chi connectivity index (χ1n) is 18.5. The lowest BCUT2D eigenvalue weighted by molar-refractivity contribution is -0.120. The molecule has 0 N–H and O–H groups in total. The van der Waals surface area contributed by atoms with E-state index in [1.807, 2.05) is 12.2 Å². The van der Waals surface area contributed by atoms with Crippen molar-refractivity contribution in [3.05, 3.63) is 23.3 Å². The SMILES string of the molecule is C[C@H]1CC(=O)C=C2CC[C@@H]3[C@@H](CC[C@]4(C)C(=NN=C5CC[C@@H]6[C@H]7CCC8=CC(=O)C[C@H](C)[C@]8(C)[C@@H]7CC[C@]56C)CC[C@H]34)[C@]21C. The maximum atomic E-state index is 12.4. The van der Waals surface area contributed by atoms with Gasteiger partial charge in [0.15, 0.2) is 11.6 Å². The number of hydrogen-bond donors (Lipinski definition) is 0. The Labute approximate surface area is 266 Å². The molecule has 0 aromatic rings. The molecule has 0 radical (unpaired) electrons. The molecule has 0 aromatic carbocycles. The molecule has 4 heteroatoms. The summed E-state index contributed by atoms with van der Waals surface area (Å²) < 4.78 is 0. The molecule has 238 valence electrons. The Kier molecular flexibility index (Phi) is 6.61. The minimum atomic E-state index is 0.183. The monoisotopic (exact) mass is 596 g/mol. The largest absolute Gasteiger partial charge is 0.295 e. The molecule has 8 aliphatic rings. The number of nitrogens with zero attached hydrogens (tertiary/aromatic N) is 2. The van der Waals surface area contributed by atoms with Gasteiger partial charge in [0, 0.05) is 35.1 Å². The lowest BCUT2D eigenvalue weighted by Crippen LogP contribution is -2.53. The minimum Gasteiger partial charge on any atom is -0.295 e. The number of fused-ring (bicyclic) bond motifs is 10. The molecule has 0 aromatic heterocycles. The normalized spacial score (nSPS) is 53.2. The van der Waals surface area contributed by atoms with E-state index in [0.717, 1.165) is 50.4 Å². The molecule has 6 saturated carbocycles. The first-order chi connectivity index (χ1) is 20.9. The molecule has 6 fully saturated rings. The summed E-state index contributed by atoms with van der Waals surface area (Å²) in [5.41, 5.74) is 6.49. The molecule has 0 saturated heterocycles. The van der Waals surface area contributed by atoms with Gasteiger partial charge >= 0.3 is 0 Å². The van der Waals surface area contributed by atoms with Crippen LogP contribution in [0.3, 0.4) is 0 Å². The Hall–Kier alpha value is -1.84. The second-order valence-corrected chi connectivity index (χ2v) is 18.0. The fourth-order valence-corrected chi connectivity index (χ4v) is 13.9. The lowest BCUT2D eigenvalue weighted by Gasteiger charge is -2.59. The Morgan fingerprint density at radius 3 is 1.39 bits per heavy atom. The second-order valence-electron chi connectivity index (χ2n) is 18.0. The molecular formula is C40H56N2O2. The summed E-state index contributed by atoms with van der Waals surface area (Å²) in [5, 5.41) is 10.5. The topological polar surface area (TPSA) is 58.9 Å². The van der Waals surface area contributed by atoms with Crippen molar-refractivity contribution in [1.82, 2.24) is 0 Å². The molecule has 4 nitrogen and oxygen atoms in total. The van der Waals surface area contributed by atoms with E-state index in [-0.39, 0.29) is 21.7 Å². The molecule has 8 aliphatic carbocycles. The summed E-state index contributed by atoms with van der Waals surface area (Å²) in [6, 6.07) is 0. The van der Waals surface area contributed by atoms with E-state index in [4.69, 9.17) is 10.2 Å². The number of rotatable bonds is 1. The van der Waals surface area contributed by atoms with Crippen molar-refractivity contribution < 1.29 is 9.59 Å². The highest BCUT2D eigenvalue weighted by atomic mass is 16.1. The number of carbonyl (C=O) groups excluding carboxylic acids is 2. The van der Waals surface area contributed by atoms with Crippen molar-refractivity contribution >= 4 is 23.0 Å². The van der Waals surface area contributed by atoms with Gasteiger partial charge in [0.2, 0.25) is 0 Å². The van der Waals surface area contributed by atoms with Crippen LogP contribution in [0.5, 0.6) is 0 Å². The van der Waals surface area contributed by atoms with Gasteiger partial charge in [-0.1, -0.05) is 52.7 Å². The van der Waals surface area contributed by atoms with Gasteiger partial charge in [0.25, 0.3) is 0 Å². The molecular weight excluding hydrogens is 540 g/mol. The van der Waals surface area contributed by atoms with Gasteiger partial charge in [-0.25, -0.2) is 0 Å². The first kappa shape index (κ1) is 29.6. The quantitative estimate of drug-likeness (QED) is 0.283. The van der Waals surface area contributed by atoms with Gasteiger partial charge in [0.05, 0.1) is 0 Å². The third kappa shape index (κ3) is 3.81. The minimum absolute atomic E-state index is 0.183. The van der Waals surface area contributed by atoms with Gasteiger partial charge in [-0.3, -0.25) is 9.59 Å². The van der Waals surface area contributed by atoms with Crippen LogP contribution in [-0.4, -0.2) is 23.0 Å². The molecule has 0 spiro atoms. The first-order valence-corrected chi connectivity index (χ1v) is 18.5. The van der Waals surface area contributed by atoms with Gasteiger partial charge in [-0.2, -0.15) is 10.2 Å². The van der Waals surface area contributed by atoms with Crippen LogP contribution in [0, 0.1) is 69.0 Å². The number of carbonyl (C=O) groups is 2. The zero-order valence-corrected chi connectivity index (χ0v) is 28.4. The van der Waals surface area contributed by atoms with Crippen LogP contribution in [0.15, 0.2) is 33.5 Å². The van der Waals surface area contributed by atoms with Gasteiger partial charge in [-0.15, -0.1) is 0 Å². The van der Waals surface area contributed by atoms with Crippen molar-refractivity contribution in [2.75, 3.05) is 0 Å². The molecule has 44 heavy (non-hydrogen) atoms. The maximum Gasteiger partial charge on any atom is 0.155 e. The fourth-order valence-electron chi connectivity index (χ4n) is 13.9. The average Bonchev–Trinajstić information content (AvgIpc) is 3.49. The van der Waals surface area contributed by atoms with Crippen molar-refractivity contribution in [1.29, 1.82) is 0 Å². The molecule has 12 atom stereocenters. The van der Waals surface area contributed by atoms with E-state index < -0.39 is 0 Å². The summed E-state index contributed by atoms with van der Waals surface area (Å²) in [5.74, 6) is 5.95. The smallest absolute Gasteiger partial charge is 0.155 e. The molecule has 0 heterocycles. The second kappa shape index (κ2) is 9.83. The summed E-state index contributed by atoms with van der Waals surface area (Å²) in [6.07, 6.45) is 20.0. The zero-order valence-electron chi connectivity index (χ0n) is 28.4. The van der Waals surface area contributed by atoms with Crippen molar-refractivity contribution in [3.8, 4) is 0 Å². The molecule has 0 aliphatic heterocycles. The predicted molar refractivity (Wildman–Crippen MR) is 177 cm³/mol. The third-order valence-corrected chi connectivity index (χ3v) is 16.8. The summed E-state index contributed by atoms with van der Waals surface area (Å²) in [4.78, 5) is 24.9. The van der Waals surface area contributed by atoms with E-state index in [2.05, 4.69) is 41.5 Å². The fraction of sp³-hybridized carbons (Fsp3) is 0.800. The van der Waals surface area contributed by atoms with Crippen LogP contribution in [0.25, 0.3) is 0 Å². The van der Waals surface area contributed by atoms with Crippen LogP contribution < -0.4 is 0 Å². The Morgan fingerprint density at radius 2 is 0.977 bits per heavy atom. The summed E-state index contributed by atoms with van der Waals surface area (Å²) in [6.45, 7) is 14.8. The number of ketones is 2. The predicted octanol–water partition coefficient (Wildman–Crippen LogP) is 9.34. The molecule has 0 unspecified atom stereocenters. The molecule has 0 amide bonds. The molecule has 0 bridgehead atoms. The van der Waals surface area contributed by atoms with Crippen LogP contribution in [-0.2, 0) is 9.59 Å². The van der Waals surface area contributed by atoms with E-state index in [1.165, 1.54) is 73.9 Å². The van der Waals surface area contributed by atoms with E-state index in [9.17, 15) is 9.59 Å². The van der Waals surface area contributed by atoms with Crippen molar-refractivity contribution in [3.63, 3.8) is 0 Å². The lowest BCUT2D eigenvalue weighted by atomic mass is 9.45. The standard InChI is InChI=1S/C40H56N2O2/c1-23-19-27(43)21-25-7-9-29-31-11-13-35(37(31,3)17-15-33(29)39(23,25)5)41-42-36-14-12-32-30-10-8-26-22-28(44)20-24(2)40(26,6)34(30)16-18-38(32,36)4/h21-24,29-34H,7-20H2,1-6H3/t23-,24-,29-,30+,31+,32+,33+,34+,37-,38-,39-,40-/m0/s1. The maximum absolute atomic E-state index is 12.4. The Bertz CT molecular complexity index is 1310. The number of hydrogen-bond acceptors (Lipinski definition) is 4. The third-order valence-electron chi connectivity index (χ3n) is 16.8. The van der Waals surface area contributed by atoms with Crippen LogP contribution in [0.2, 0.25) is 0 Å². The van der Waals surface area contributed by atoms with Gasteiger partial charge in [-0.05, 0) is 147 Å². The van der Waals surface area contributed by atoms with Crippen molar-refractivity contribution in [2.24, 2.45) is 79.2 Å². The van der Waals surface area contributed by atoms with Crippen LogP contribution in [0.1, 0.15) is 131 Å². The highest BCUT2D eigenvalue weighted by molar-refractivity contribution is 5.96. The van der Waals surface area contributed by atoms with E-state index in [1.54, 1.807) is 0 Å². The summed E-state index contributed by atoms with van der Waals surface area (Å²) >= 11 is 0. The number of allylic oxidation sites excluding steroid dienone is 2. The van der Waals surface area contributed by atoms with Gasteiger partial charge < -0.3 is 0 Å². The van der Waals surface area contributed by atoms with E-state index in [0.29, 0.717) is 47.1 Å². The van der Waals surface area contributed by atoms with Crippen LogP contribution in [0.4, 0.5) is 0 Å². The van der Waals surface area contributed by atoms with Crippen molar-refractivity contribution in [2.45, 2.75) is 131 Å². The Balaban J connectivity index is 1.03. The zero-order chi connectivity index (χ0) is 30.8.